The van der Waals surface area contributed by atoms with E-state index in [1.807, 2.05) is 12.1 Å². The lowest BCUT2D eigenvalue weighted by molar-refractivity contribution is -0.00890. The van der Waals surface area contributed by atoms with Crippen LogP contribution < -0.4 is 10.1 Å². The molecule has 5 nitrogen and oxygen atoms in total. The van der Waals surface area contributed by atoms with E-state index < -0.39 is 6.10 Å². The summed E-state index contributed by atoms with van der Waals surface area (Å²) in [4.78, 5) is 0. The summed E-state index contributed by atoms with van der Waals surface area (Å²) in [6, 6.07) is 5.50. The lowest BCUT2D eigenvalue weighted by Gasteiger charge is -2.14. The number of rotatable bonds is 9. The molecule has 0 aliphatic heterocycles. The number of aliphatic hydroxyl groups is 1. The Morgan fingerprint density at radius 1 is 1.37 bits per heavy atom. The maximum absolute atomic E-state index is 9.90. The van der Waals surface area contributed by atoms with E-state index in [4.69, 9.17) is 14.2 Å². The van der Waals surface area contributed by atoms with Crippen molar-refractivity contribution in [2.75, 3.05) is 40.7 Å². The molecule has 0 aliphatic carbocycles. The molecule has 19 heavy (non-hydrogen) atoms. The molecule has 1 rings (SSSR count). The third-order valence-electron chi connectivity index (χ3n) is 2.47. The van der Waals surface area contributed by atoms with Crippen molar-refractivity contribution in [1.82, 2.24) is 5.32 Å². The van der Waals surface area contributed by atoms with Gasteiger partial charge in [0.2, 0.25) is 0 Å². The molecule has 1 unspecified atom stereocenters. The van der Waals surface area contributed by atoms with Gasteiger partial charge in [0.15, 0.2) is 6.79 Å². The van der Waals surface area contributed by atoms with Gasteiger partial charge < -0.3 is 24.6 Å². The standard InChI is InChI=1S/C13H20BrNO4/c1-15-8-12(16)10-3-4-11(14)13(7-10)19-9-18-6-5-17-2/h3-4,7,12,15-16H,5-6,8-9H2,1-2H3. The van der Waals surface area contributed by atoms with Gasteiger partial charge in [-0.2, -0.15) is 0 Å². The SMILES string of the molecule is CNCC(O)c1ccc(Br)c(OCOCCOC)c1. The number of aliphatic hydroxyl groups excluding tert-OH is 1. The van der Waals surface area contributed by atoms with Crippen molar-refractivity contribution in [2.45, 2.75) is 6.10 Å². The number of hydrogen-bond acceptors (Lipinski definition) is 5. The van der Waals surface area contributed by atoms with E-state index in [9.17, 15) is 5.11 Å². The largest absolute Gasteiger partial charge is 0.466 e. The van der Waals surface area contributed by atoms with Crippen molar-refractivity contribution in [3.8, 4) is 5.75 Å². The normalized spacial score (nSPS) is 12.4. The monoisotopic (exact) mass is 333 g/mol. The zero-order valence-corrected chi connectivity index (χ0v) is 12.8. The van der Waals surface area contributed by atoms with Crippen LogP contribution in [-0.4, -0.2) is 45.8 Å². The first kappa shape index (κ1) is 16.4. The molecule has 6 heteroatoms. The van der Waals surface area contributed by atoms with E-state index in [-0.39, 0.29) is 6.79 Å². The Bertz CT molecular complexity index is 376. The summed E-state index contributed by atoms with van der Waals surface area (Å²) in [6.07, 6.45) is -0.560. The summed E-state index contributed by atoms with van der Waals surface area (Å²) in [6.45, 7) is 1.65. The van der Waals surface area contributed by atoms with Crippen LogP contribution >= 0.6 is 15.9 Å². The maximum Gasteiger partial charge on any atom is 0.189 e. The second-order valence-corrected chi connectivity index (χ2v) is 4.78. The van der Waals surface area contributed by atoms with E-state index in [0.717, 1.165) is 10.0 Å². The highest BCUT2D eigenvalue weighted by atomic mass is 79.9. The van der Waals surface area contributed by atoms with Crippen molar-refractivity contribution in [1.29, 1.82) is 0 Å². The molecule has 0 aromatic heterocycles. The van der Waals surface area contributed by atoms with Crippen molar-refractivity contribution < 1.29 is 19.3 Å². The predicted octanol–water partition coefficient (Wildman–Crippen LogP) is 1.70. The minimum absolute atomic E-state index is 0.146. The first-order valence-corrected chi connectivity index (χ1v) is 6.80. The predicted molar refractivity (Wildman–Crippen MR) is 76.4 cm³/mol. The highest BCUT2D eigenvalue weighted by Crippen LogP contribution is 2.28. The average molecular weight is 334 g/mol. The zero-order chi connectivity index (χ0) is 14.1. The fourth-order valence-corrected chi connectivity index (χ4v) is 1.82. The fourth-order valence-electron chi connectivity index (χ4n) is 1.46. The highest BCUT2D eigenvalue weighted by molar-refractivity contribution is 9.10. The Morgan fingerprint density at radius 2 is 2.16 bits per heavy atom. The molecule has 0 saturated heterocycles. The molecule has 0 aliphatic rings. The first-order chi connectivity index (χ1) is 9.19. The molecule has 1 aromatic carbocycles. The zero-order valence-electron chi connectivity index (χ0n) is 11.2. The Morgan fingerprint density at radius 3 is 2.84 bits per heavy atom. The van der Waals surface area contributed by atoms with Gasteiger partial charge >= 0.3 is 0 Å². The van der Waals surface area contributed by atoms with Crippen LogP contribution in [-0.2, 0) is 9.47 Å². The van der Waals surface area contributed by atoms with Crippen LogP contribution in [0.4, 0.5) is 0 Å². The molecule has 1 atom stereocenters. The summed E-state index contributed by atoms with van der Waals surface area (Å²) in [5, 5.41) is 12.8. The Kier molecular flexibility index (Phi) is 8.00. The smallest absolute Gasteiger partial charge is 0.189 e. The molecule has 1 aromatic rings. The third kappa shape index (κ3) is 5.88. The quantitative estimate of drug-likeness (QED) is 0.532. The van der Waals surface area contributed by atoms with Gasteiger partial charge in [0, 0.05) is 13.7 Å². The molecular weight excluding hydrogens is 314 g/mol. The summed E-state index contributed by atoms with van der Waals surface area (Å²) < 4.78 is 16.4. The molecule has 0 radical (unpaired) electrons. The second kappa shape index (κ2) is 9.28. The van der Waals surface area contributed by atoms with Crippen molar-refractivity contribution in [2.24, 2.45) is 0 Å². The number of benzene rings is 1. The van der Waals surface area contributed by atoms with Crippen molar-refractivity contribution in [3.05, 3.63) is 28.2 Å². The Hall–Kier alpha value is -0.660. The topological polar surface area (TPSA) is 60.0 Å². The van der Waals surface area contributed by atoms with Crippen LogP contribution in [0.25, 0.3) is 0 Å². The molecule has 0 saturated carbocycles. The lowest BCUT2D eigenvalue weighted by atomic mass is 10.1. The molecule has 0 bridgehead atoms. The number of hydrogen-bond donors (Lipinski definition) is 2. The van der Waals surface area contributed by atoms with E-state index >= 15 is 0 Å². The van der Waals surface area contributed by atoms with Crippen LogP contribution in [0.15, 0.2) is 22.7 Å². The lowest BCUT2D eigenvalue weighted by Crippen LogP contribution is -2.16. The number of ether oxygens (including phenoxy) is 3. The number of likely N-dealkylation sites (N-methyl/N-ethyl adjacent to an activating group) is 1. The van der Waals surface area contributed by atoms with Gasteiger partial charge in [-0.25, -0.2) is 0 Å². The maximum atomic E-state index is 9.90. The molecule has 0 spiro atoms. The second-order valence-electron chi connectivity index (χ2n) is 3.93. The number of methoxy groups -OCH3 is 1. The molecular formula is C13H20BrNO4. The summed E-state index contributed by atoms with van der Waals surface area (Å²) in [5.41, 5.74) is 0.796. The van der Waals surface area contributed by atoms with E-state index in [1.54, 1.807) is 20.2 Å². The van der Waals surface area contributed by atoms with Gasteiger partial charge in [-0.15, -0.1) is 0 Å². The first-order valence-electron chi connectivity index (χ1n) is 6.00. The van der Waals surface area contributed by atoms with Gasteiger partial charge in [-0.3, -0.25) is 0 Å². The van der Waals surface area contributed by atoms with E-state index in [0.29, 0.717) is 25.5 Å². The van der Waals surface area contributed by atoms with Crippen LogP contribution in [0.5, 0.6) is 5.75 Å². The Balaban J connectivity index is 2.54. The van der Waals surface area contributed by atoms with Crippen molar-refractivity contribution in [3.63, 3.8) is 0 Å². The van der Waals surface area contributed by atoms with Crippen LogP contribution in [0.1, 0.15) is 11.7 Å². The Labute approximate surface area is 122 Å². The van der Waals surface area contributed by atoms with Crippen LogP contribution in [0.3, 0.4) is 0 Å². The van der Waals surface area contributed by atoms with E-state index in [2.05, 4.69) is 21.2 Å². The third-order valence-corrected chi connectivity index (χ3v) is 3.12. The van der Waals surface area contributed by atoms with Crippen LogP contribution in [0, 0.1) is 0 Å². The van der Waals surface area contributed by atoms with Gasteiger partial charge in [-0.05, 0) is 40.7 Å². The van der Waals surface area contributed by atoms with E-state index in [1.165, 1.54) is 0 Å². The number of nitrogens with one attached hydrogen (secondary N) is 1. The summed E-state index contributed by atoms with van der Waals surface area (Å²) in [7, 11) is 3.41. The minimum Gasteiger partial charge on any atom is -0.466 e. The van der Waals surface area contributed by atoms with Crippen molar-refractivity contribution >= 4 is 15.9 Å². The molecule has 108 valence electrons. The average Bonchev–Trinajstić information content (AvgIpc) is 2.40. The molecule has 0 amide bonds. The molecule has 0 fully saturated rings. The summed E-state index contributed by atoms with van der Waals surface area (Å²) in [5.74, 6) is 0.644. The van der Waals surface area contributed by atoms with Gasteiger partial charge in [-0.1, -0.05) is 6.07 Å². The summed E-state index contributed by atoms with van der Waals surface area (Å²) >= 11 is 3.40. The van der Waals surface area contributed by atoms with Crippen LogP contribution in [0.2, 0.25) is 0 Å². The fraction of sp³-hybridized carbons (Fsp3) is 0.538. The van der Waals surface area contributed by atoms with Gasteiger partial charge in [0.25, 0.3) is 0 Å². The van der Waals surface area contributed by atoms with Gasteiger partial charge in [0.05, 0.1) is 23.8 Å². The molecule has 2 N–H and O–H groups in total. The highest BCUT2D eigenvalue weighted by Gasteiger charge is 2.10. The molecule has 0 heterocycles. The minimum atomic E-state index is -0.560. The number of halogens is 1. The van der Waals surface area contributed by atoms with Gasteiger partial charge in [0.1, 0.15) is 5.75 Å².